The second-order valence-electron chi connectivity index (χ2n) is 5.65. The van der Waals surface area contributed by atoms with Gasteiger partial charge < -0.3 is 15.1 Å². The molecule has 0 radical (unpaired) electrons. The molecule has 2 amide bonds. The molecule has 0 saturated heterocycles. The first kappa shape index (κ1) is 17.5. The van der Waals surface area contributed by atoms with Crippen molar-refractivity contribution < 1.29 is 13.6 Å². The monoisotopic (exact) mass is 355 g/mol. The molecule has 0 bridgehead atoms. The van der Waals surface area contributed by atoms with Crippen LogP contribution in [0.3, 0.4) is 0 Å². The van der Waals surface area contributed by atoms with Gasteiger partial charge >= 0.3 is 11.7 Å². The minimum atomic E-state index is -0.656. The number of halogens is 1. The Balaban J connectivity index is 1.92. The summed E-state index contributed by atoms with van der Waals surface area (Å²) in [6.07, 6.45) is 0.843. The van der Waals surface area contributed by atoms with Crippen LogP contribution in [0.4, 0.5) is 26.2 Å². The highest BCUT2D eigenvalue weighted by atomic mass is 19.1. The van der Waals surface area contributed by atoms with Gasteiger partial charge in [0, 0.05) is 17.6 Å². The number of urea groups is 1. The molecule has 0 aliphatic carbocycles. The number of benzene rings is 2. The van der Waals surface area contributed by atoms with Crippen molar-refractivity contribution in [3.8, 4) is 0 Å². The summed E-state index contributed by atoms with van der Waals surface area (Å²) in [4.78, 5) is 24.6. The summed E-state index contributed by atoms with van der Waals surface area (Å²) in [5.74, 6) is -0.405. The number of carbonyl (C=O) groups excluding carboxylic acids is 1. The van der Waals surface area contributed by atoms with E-state index in [0.717, 1.165) is 6.42 Å². The van der Waals surface area contributed by atoms with Crippen molar-refractivity contribution in [2.24, 2.45) is 0 Å². The van der Waals surface area contributed by atoms with Gasteiger partial charge in [0.1, 0.15) is 11.4 Å². The van der Waals surface area contributed by atoms with Crippen molar-refractivity contribution in [2.75, 3.05) is 22.5 Å². The lowest BCUT2D eigenvalue weighted by atomic mass is 10.2. The van der Waals surface area contributed by atoms with Crippen molar-refractivity contribution in [2.45, 2.75) is 13.3 Å². The van der Waals surface area contributed by atoms with Crippen LogP contribution >= 0.6 is 0 Å². The number of hydrogen-bond acceptors (Lipinski definition) is 4. The normalized spacial score (nSPS) is 10.5. The molecule has 0 saturated carbocycles. The number of fused-ring (bicyclic) bond motifs is 1. The van der Waals surface area contributed by atoms with Crippen LogP contribution in [0.25, 0.3) is 11.0 Å². The van der Waals surface area contributed by atoms with Crippen LogP contribution < -0.4 is 21.6 Å². The van der Waals surface area contributed by atoms with Crippen LogP contribution in [0, 0.1) is 5.82 Å². The molecule has 26 heavy (non-hydrogen) atoms. The zero-order valence-corrected chi connectivity index (χ0v) is 14.1. The van der Waals surface area contributed by atoms with Gasteiger partial charge in [0.25, 0.3) is 0 Å². The molecule has 0 spiro atoms. The maximum Gasteiger partial charge on any atom is 0.362 e. The number of anilines is 3. The van der Waals surface area contributed by atoms with E-state index in [1.54, 1.807) is 18.2 Å². The van der Waals surface area contributed by atoms with E-state index >= 15 is 0 Å². The Hall–Kier alpha value is -3.35. The third-order valence-corrected chi connectivity index (χ3v) is 3.71. The van der Waals surface area contributed by atoms with Gasteiger partial charge in [-0.3, -0.25) is 5.32 Å². The fourth-order valence-corrected chi connectivity index (χ4v) is 2.51. The molecule has 7 heteroatoms. The Morgan fingerprint density at radius 2 is 1.77 bits per heavy atom. The summed E-state index contributed by atoms with van der Waals surface area (Å²) in [7, 11) is 0. The smallest absolute Gasteiger partial charge is 0.362 e. The predicted octanol–water partition coefficient (Wildman–Crippen LogP) is 4.40. The van der Waals surface area contributed by atoms with Gasteiger partial charge in [0.15, 0.2) is 5.69 Å². The van der Waals surface area contributed by atoms with Gasteiger partial charge in [0.05, 0.1) is 5.69 Å². The van der Waals surface area contributed by atoms with E-state index in [9.17, 15) is 14.0 Å². The van der Waals surface area contributed by atoms with E-state index in [2.05, 4.69) is 16.0 Å². The average Bonchev–Trinajstić information content (AvgIpc) is 2.63. The first-order valence-electron chi connectivity index (χ1n) is 8.21. The summed E-state index contributed by atoms with van der Waals surface area (Å²) < 4.78 is 18.2. The van der Waals surface area contributed by atoms with Gasteiger partial charge in [-0.1, -0.05) is 19.1 Å². The first-order chi connectivity index (χ1) is 12.6. The highest BCUT2D eigenvalue weighted by Crippen LogP contribution is 2.28. The largest absolute Gasteiger partial charge is 0.421 e. The Kier molecular flexibility index (Phi) is 5.17. The Bertz CT molecular complexity index is 983. The van der Waals surface area contributed by atoms with Crippen LogP contribution in [-0.2, 0) is 0 Å². The molecule has 0 fully saturated rings. The summed E-state index contributed by atoms with van der Waals surface area (Å²) in [6.45, 7) is 2.62. The quantitative estimate of drug-likeness (QED) is 0.593. The maximum absolute atomic E-state index is 13.0. The van der Waals surface area contributed by atoms with E-state index in [1.807, 2.05) is 13.0 Å². The summed E-state index contributed by atoms with van der Waals surface area (Å²) >= 11 is 0. The van der Waals surface area contributed by atoms with Crippen molar-refractivity contribution in [3.63, 3.8) is 0 Å². The second kappa shape index (κ2) is 7.69. The molecule has 3 N–H and O–H groups in total. The Labute approximate surface area is 149 Å². The van der Waals surface area contributed by atoms with Crippen LogP contribution in [0.15, 0.2) is 57.7 Å². The van der Waals surface area contributed by atoms with Crippen LogP contribution in [-0.4, -0.2) is 12.6 Å². The Morgan fingerprint density at radius 3 is 2.50 bits per heavy atom. The average molecular weight is 355 g/mol. The third kappa shape index (κ3) is 3.83. The van der Waals surface area contributed by atoms with E-state index in [4.69, 9.17) is 4.42 Å². The molecule has 0 atom stereocenters. The van der Waals surface area contributed by atoms with E-state index in [0.29, 0.717) is 28.9 Å². The van der Waals surface area contributed by atoms with Gasteiger partial charge in [-0.25, -0.2) is 14.0 Å². The van der Waals surface area contributed by atoms with Gasteiger partial charge in [-0.15, -0.1) is 0 Å². The lowest BCUT2D eigenvalue weighted by Gasteiger charge is -2.14. The molecule has 1 heterocycles. The highest BCUT2D eigenvalue weighted by molar-refractivity contribution is 6.05. The fraction of sp³-hybridized carbons (Fsp3) is 0.158. The Morgan fingerprint density at radius 1 is 1.04 bits per heavy atom. The van der Waals surface area contributed by atoms with Crippen molar-refractivity contribution in [3.05, 3.63) is 64.8 Å². The summed E-state index contributed by atoms with van der Waals surface area (Å²) in [5.41, 5.74) is 0.707. The molecule has 0 unspecified atom stereocenters. The van der Waals surface area contributed by atoms with Gasteiger partial charge in [-0.05, 0) is 42.8 Å². The maximum atomic E-state index is 13.0. The van der Waals surface area contributed by atoms with Crippen molar-refractivity contribution in [1.29, 1.82) is 0 Å². The third-order valence-electron chi connectivity index (χ3n) is 3.71. The molecule has 3 rings (SSSR count). The van der Waals surface area contributed by atoms with Gasteiger partial charge in [0.2, 0.25) is 0 Å². The van der Waals surface area contributed by atoms with E-state index < -0.39 is 17.5 Å². The minimum absolute atomic E-state index is 0.0248. The zero-order chi connectivity index (χ0) is 18.5. The van der Waals surface area contributed by atoms with E-state index in [-0.39, 0.29) is 5.69 Å². The molecule has 1 aromatic heterocycles. The van der Waals surface area contributed by atoms with Crippen molar-refractivity contribution >= 4 is 34.1 Å². The van der Waals surface area contributed by atoms with Crippen molar-refractivity contribution in [1.82, 2.24) is 0 Å². The molecular weight excluding hydrogens is 337 g/mol. The lowest BCUT2D eigenvalue weighted by molar-refractivity contribution is 0.262. The predicted molar refractivity (Wildman–Crippen MR) is 100 cm³/mol. The second-order valence-corrected chi connectivity index (χ2v) is 5.65. The summed E-state index contributed by atoms with van der Waals surface area (Å²) in [5, 5.41) is 8.95. The molecule has 2 aromatic carbocycles. The first-order valence-corrected chi connectivity index (χ1v) is 8.21. The van der Waals surface area contributed by atoms with Crippen LogP contribution in [0.2, 0.25) is 0 Å². The van der Waals surface area contributed by atoms with Gasteiger partial charge in [-0.2, -0.15) is 0 Å². The lowest BCUT2D eigenvalue weighted by Crippen LogP contribution is -2.24. The number of para-hydroxylation sites is 1. The number of rotatable bonds is 5. The number of hydrogen-bond donors (Lipinski definition) is 3. The van der Waals surface area contributed by atoms with Crippen LogP contribution in [0.1, 0.15) is 13.3 Å². The number of nitrogens with one attached hydrogen (secondary N) is 3. The fourth-order valence-electron chi connectivity index (χ4n) is 2.51. The topological polar surface area (TPSA) is 83.4 Å². The van der Waals surface area contributed by atoms with E-state index in [1.165, 1.54) is 24.3 Å². The van der Waals surface area contributed by atoms with Crippen LogP contribution in [0.5, 0.6) is 0 Å². The molecule has 0 aliphatic rings. The standard InChI is InChI=1S/C19H18FN3O3/c1-2-11-21-16-14-5-3-4-6-15(14)26-18(24)17(16)23-19(25)22-13-9-7-12(20)8-10-13/h3-10,21H,2,11H2,1H3,(H2,22,23,25). The SMILES string of the molecule is CCCNc1c(NC(=O)Nc2ccc(F)cc2)c(=O)oc2ccccc12. The highest BCUT2D eigenvalue weighted by Gasteiger charge is 2.16. The summed E-state index contributed by atoms with van der Waals surface area (Å²) in [6, 6.07) is 11.8. The number of amides is 2. The zero-order valence-electron chi connectivity index (χ0n) is 14.1. The molecule has 0 aliphatic heterocycles. The molecule has 134 valence electrons. The number of carbonyl (C=O) groups is 1. The molecular formula is C19H18FN3O3. The minimum Gasteiger partial charge on any atom is -0.421 e. The molecule has 6 nitrogen and oxygen atoms in total. The molecule has 3 aromatic rings.